The lowest BCUT2D eigenvalue weighted by Crippen LogP contribution is -2.45. The lowest BCUT2D eigenvalue weighted by atomic mass is 9.76. The summed E-state index contributed by atoms with van der Waals surface area (Å²) in [7, 11) is 0. The number of benzene rings is 1. The summed E-state index contributed by atoms with van der Waals surface area (Å²) in [5.41, 5.74) is 2.62. The van der Waals surface area contributed by atoms with E-state index in [1.807, 2.05) is 52.3 Å². The number of fused-ring (bicyclic) bond motifs is 1. The number of amides is 1. The van der Waals surface area contributed by atoms with Crippen molar-refractivity contribution in [1.29, 1.82) is 0 Å². The van der Waals surface area contributed by atoms with Crippen LogP contribution in [0.1, 0.15) is 24.8 Å². The molecule has 1 unspecified atom stereocenters. The van der Waals surface area contributed by atoms with Gasteiger partial charge in [0, 0.05) is 19.5 Å². The molecule has 1 spiro atoms. The van der Waals surface area contributed by atoms with Crippen LogP contribution in [-0.2, 0) is 27.3 Å². The molecular formula is C22H23N3O3S. The summed E-state index contributed by atoms with van der Waals surface area (Å²) in [5, 5.41) is 4.01. The van der Waals surface area contributed by atoms with E-state index in [1.165, 1.54) is 0 Å². The second kappa shape index (κ2) is 7.30. The van der Waals surface area contributed by atoms with Gasteiger partial charge in [0.1, 0.15) is 6.10 Å². The number of ether oxygens (including phenoxy) is 1. The molecule has 0 bridgehead atoms. The van der Waals surface area contributed by atoms with E-state index in [-0.39, 0.29) is 18.0 Å². The molecule has 3 aromatic rings. The maximum atomic E-state index is 12.7. The zero-order chi connectivity index (χ0) is 19.8. The van der Waals surface area contributed by atoms with E-state index < -0.39 is 5.41 Å². The summed E-state index contributed by atoms with van der Waals surface area (Å²) in [6.07, 6.45) is 4.19. The van der Waals surface area contributed by atoms with Crippen LogP contribution in [0.15, 0.2) is 47.4 Å². The van der Waals surface area contributed by atoms with Crippen LogP contribution in [0.25, 0.3) is 11.0 Å². The van der Waals surface area contributed by atoms with Crippen molar-refractivity contribution in [3.8, 4) is 0 Å². The molecule has 4 heterocycles. The third-order valence-electron chi connectivity index (χ3n) is 6.26. The van der Waals surface area contributed by atoms with Crippen LogP contribution in [0.5, 0.6) is 0 Å². The van der Waals surface area contributed by atoms with E-state index in [4.69, 9.17) is 4.74 Å². The van der Waals surface area contributed by atoms with Crippen molar-refractivity contribution in [2.75, 3.05) is 13.1 Å². The number of hydrogen-bond donors (Lipinski definition) is 0. The third kappa shape index (κ3) is 3.44. The number of carbonyl (C=O) groups is 2. The fraction of sp³-hybridized carbons (Fsp3) is 0.409. The number of thiophene rings is 1. The van der Waals surface area contributed by atoms with Crippen LogP contribution >= 0.6 is 11.3 Å². The lowest BCUT2D eigenvalue weighted by Gasteiger charge is -2.36. The molecule has 6 nitrogen and oxygen atoms in total. The van der Waals surface area contributed by atoms with Crippen molar-refractivity contribution >= 4 is 34.2 Å². The van der Waals surface area contributed by atoms with Gasteiger partial charge in [0.25, 0.3) is 0 Å². The Labute approximate surface area is 173 Å². The van der Waals surface area contributed by atoms with Crippen LogP contribution in [0.2, 0.25) is 0 Å². The van der Waals surface area contributed by atoms with E-state index in [9.17, 15) is 9.59 Å². The lowest BCUT2D eigenvalue weighted by molar-refractivity contribution is -0.152. The fourth-order valence-electron chi connectivity index (χ4n) is 4.59. The zero-order valence-corrected chi connectivity index (χ0v) is 16.9. The van der Waals surface area contributed by atoms with Gasteiger partial charge in [-0.1, -0.05) is 12.1 Å². The molecule has 2 aromatic heterocycles. The Morgan fingerprint density at radius 3 is 2.86 bits per heavy atom. The number of para-hydroxylation sites is 2. The van der Waals surface area contributed by atoms with Gasteiger partial charge in [0.05, 0.1) is 35.7 Å². The van der Waals surface area contributed by atoms with Crippen LogP contribution in [0, 0.1) is 5.41 Å². The normalized spacial score (nSPS) is 21.0. The van der Waals surface area contributed by atoms with Crippen LogP contribution in [0.4, 0.5) is 0 Å². The van der Waals surface area contributed by atoms with Crippen molar-refractivity contribution in [3.05, 3.63) is 53.0 Å². The minimum atomic E-state index is -0.444. The average molecular weight is 410 g/mol. The van der Waals surface area contributed by atoms with Gasteiger partial charge < -0.3 is 14.2 Å². The van der Waals surface area contributed by atoms with Crippen molar-refractivity contribution in [3.63, 3.8) is 0 Å². The van der Waals surface area contributed by atoms with Gasteiger partial charge in [0.15, 0.2) is 0 Å². The molecular weight excluding hydrogens is 386 g/mol. The molecule has 1 atom stereocenters. The molecule has 150 valence electrons. The molecule has 2 aliphatic rings. The first-order chi connectivity index (χ1) is 14.1. The molecule has 2 fully saturated rings. The first-order valence-corrected chi connectivity index (χ1v) is 11.0. The smallest absolute Gasteiger partial charge is 0.312 e. The minimum Gasteiger partial charge on any atom is -0.460 e. The highest BCUT2D eigenvalue weighted by atomic mass is 32.1. The van der Waals surface area contributed by atoms with Crippen molar-refractivity contribution in [1.82, 2.24) is 14.5 Å². The zero-order valence-electron chi connectivity index (χ0n) is 16.1. The molecule has 2 aliphatic heterocycles. The number of esters is 1. The predicted molar refractivity (Wildman–Crippen MR) is 111 cm³/mol. The largest absolute Gasteiger partial charge is 0.460 e. The van der Waals surface area contributed by atoms with Crippen molar-refractivity contribution in [2.24, 2.45) is 5.41 Å². The molecule has 0 aliphatic carbocycles. The maximum absolute atomic E-state index is 12.7. The number of piperidine rings is 1. The Kier molecular flexibility index (Phi) is 4.62. The molecule has 2 saturated heterocycles. The number of cyclic esters (lactones) is 1. The quantitative estimate of drug-likeness (QED) is 0.621. The van der Waals surface area contributed by atoms with E-state index >= 15 is 0 Å². The number of aromatic nitrogens is 2. The summed E-state index contributed by atoms with van der Waals surface area (Å²) in [4.78, 5) is 31.6. The second-order valence-corrected chi connectivity index (χ2v) is 8.87. The molecule has 1 aromatic carbocycles. The topological polar surface area (TPSA) is 64.4 Å². The van der Waals surface area contributed by atoms with Gasteiger partial charge in [0.2, 0.25) is 5.91 Å². The molecule has 0 saturated carbocycles. The molecule has 7 heteroatoms. The van der Waals surface area contributed by atoms with Crippen LogP contribution in [-0.4, -0.2) is 45.5 Å². The Balaban J connectivity index is 1.22. The predicted octanol–water partition coefficient (Wildman–Crippen LogP) is 3.26. The van der Waals surface area contributed by atoms with Crippen molar-refractivity contribution < 1.29 is 14.3 Å². The first-order valence-electron chi connectivity index (χ1n) is 10.0. The fourth-order valence-corrected chi connectivity index (χ4v) is 5.25. The number of nitrogens with zero attached hydrogens (tertiary/aromatic N) is 3. The highest BCUT2D eigenvalue weighted by Gasteiger charge is 2.50. The second-order valence-electron chi connectivity index (χ2n) is 8.09. The molecule has 1 amide bonds. The van der Waals surface area contributed by atoms with E-state index in [1.54, 1.807) is 11.3 Å². The van der Waals surface area contributed by atoms with E-state index in [0.717, 1.165) is 16.6 Å². The molecule has 29 heavy (non-hydrogen) atoms. The number of imidazole rings is 1. The maximum Gasteiger partial charge on any atom is 0.312 e. The Bertz CT molecular complexity index is 1030. The van der Waals surface area contributed by atoms with E-state index in [0.29, 0.717) is 45.3 Å². The highest BCUT2D eigenvalue weighted by Crippen LogP contribution is 2.43. The van der Waals surface area contributed by atoms with Gasteiger partial charge in [-0.15, -0.1) is 0 Å². The van der Waals surface area contributed by atoms with E-state index in [2.05, 4.69) is 9.55 Å². The first kappa shape index (κ1) is 18.4. The monoisotopic (exact) mass is 409 g/mol. The number of rotatable bonds is 4. The number of carbonyl (C=O) groups excluding carboxylic acids is 2. The SMILES string of the molecule is O=C(Cc1ccsc1)N1CCC2(CC1)CC(Cn1cnc3ccccc31)OC2=O. The van der Waals surface area contributed by atoms with Gasteiger partial charge in [-0.2, -0.15) is 11.3 Å². The summed E-state index contributed by atoms with van der Waals surface area (Å²) < 4.78 is 7.83. The summed E-state index contributed by atoms with van der Waals surface area (Å²) in [6, 6.07) is 9.97. The van der Waals surface area contributed by atoms with Crippen LogP contribution < -0.4 is 0 Å². The van der Waals surface area contributed by atoms with Gasteiger partial charge >= 0.3 is 5.97 Å². The Morgan fingerprint density at radius 2 is 2.07 bits per heavy atom. The van der Waals surface area contributed by atoms with Gasteiger partial charge in [-0.05, 0) is 47.4 Å². The summed E-state index contributed by atoms with van der Waals surface area (Å²) in [6.45, 7) is 1.87. The van der Waals surface area contributed by atoms with Gasteiger partial charge in [-0.3, -0.25) is 9.59 Å². The Morgan fingerprint density at radius 1 is 1.24 bits per heavy atom. The molecule has 0 N–H and O–H groups in total. The number of hydrogen-bond acceptors (Lipinski definition) is 5. The summed E-state index contributed by atoms with van der Waals surface area (Å²) in [5.74, 6) is 0.0444. The summed E-state index contributed by atoms with van der Waals surface area (Å²) >= 11 is 1.61. The van der Waals surface area contributed by atoms with Crippen molar-refractivity contribution in [2.45, 2.75) is 38.3 Å². The highest BCUT2D eigenvalue weighted by molar-refractivity contribution is 7.08. The molecule has 0 radical (unpaired) electrons. The standard InChI is InChI=1S/C22H23N3O3S/c26-20(11-16-5-10-29-14-16)24-8-6-22(7-9-24)12-17(28-21(22)27)13-25-15-23-18-3-1-2-4-19(18)25/h1-5,10,14-15,17H,6-9,11-13H2. The van der Waals surface area contributed by atoms with Crippen LogP contribution in [0.3, 0.4) is 0 Å². The average Bonchev–Trinajstić information content (AvgIpc) is 3.44. The Hall–Kier alpha value is -2.67. The third-order valence-corrected chi connectivity index (χ3v) is 6.99. The molecule has 5 rings (SSSR count). The van der Waals surface area contributed by atoms with Gasteiger partial charge in [-0.25, -0.2) is 4.98 Å². The minimum absolute atomic E-state index is 0.100. The number of likely N-dealkylation sites (tertiary alicyclic amines) is 1.